The molecule has 0 aliphatic carbocycles. The van der Waals surface area contributed by atoms with Gasteiger partial charge in [-0.15, -0.1) is 0 Å². The fourth-order valence-electron chi connectivity index (χ4n) is 1.35. The lowest BCUT2D eigenvalue weighted by Crippen LogP contribution is -2.21. The summed E-state index contributed by atoms with van der Waals surface area (Å²) in [5, 5.41) is 1.05. The van der Waals surface area contributed by atoms with E-state index < -0.39 is 0 Å². The number of hydrogen-bond donors (Lipinski definition) is 0. The van der Waals surface area contributed by atoms with E-state index in [1.807, 2.05) is 25.2 Å². The van der Waals surface area contributed by atoms with Crippen molar-refractivity contribution >= 4 is 26.7 Å². The first kappa shape index (κ1) is 10.4. The zero-order valence-electron chi connectivity index (χ0n) is 8.93. The van der Waals surface area contributed by atoms with Crippen LogP contribution in [-0.2, 0) is 4.74 Å². The smallest absolute Gasteiger partial charge is 0.186 e. The molecule has 0 N–H and O–H groups in total. The summed E-state index contributed by atoms with van der Waals surface area (Å²) in [6.07, 6.45) is 0. The van der Waals surface area contributed by atoms with Crippen LogP contribution in [0, 0.1) is 0 Å². The number of nitrogens with zero attached hydrogens (tertiary/aromatic N) is 2. The zero-order valence-corrected chi connectivity index (χ0v) is 9.75. The summed E-state index contributed by atoms with van der Waals surface area (Å²) in [7, 11) is 3.75. The number of ether oxygens (including phenoxy) is 1. The first-order valence-electron chi connectivity index (χ1n) is 4.87. The molecule has 1 aromatic heterocycles. The van der Waals surface area contributed by atoms with Gasteiger partial charge in [-0.2, -0.15) is 0 Å². The van der Waals surface area contributed by atoms with E-state index in [9.17, 15) is 0 Å². The third-order valence-electron chi connectivity index (χ3n) is 2.24. The Morgan fingerprint density at radius 2 is 2.20 bits per heavy atom. The summed E-state index contributed by atoms with van der Waals surface area (Å²) in [6, 6.07) is 8.20. The molecule has 4 heteroatoms. The molecule has 0 radical (unpaired) electrons. The molecule has 0 bridgehead atoms. The average Bonchev–Trinajstić information content (AvgIpc) is 2.69. The number of thiazole rings is 1. The molecular formula is C11H14N2OS. The normalized spacial score (nSPS) is 10.8. The third kappa shape index (κ3) is 2.27. The fraction of sp³-hybridized carbons (Fsp3) is 0.364. The quantitative estimate of drug-likeness (QED) is 0.794. The predicted octanol–water partition coefficient (Wildman–Crippen LogP) is 2.38. The van der Waals surface area contributed by atoms with Gasteiger partial charge in [0.1, 0.15) is 0 Å². The van der Waals surface area contributed by atoms with E-state index in [0.29, 0.717) is 0 Å². The molecule has 0 atom stereocenters. The summed E-state index contributed by atoms with van der Waals surface area (Å²) < 4.78 is 6.28. The Balaban J connectivity index is 2.20. The van der Waals surface area contributed by atoms with Crippen molar-refractivity contribution < 1.29 is 4.74 Å². The molecule has 0 spiro atoms. The highest BCUT2D eigenvalue weighted by molar-refractivity contribution is 7.22. The number of benzene rings is 1. The summed E-state index contributed by atoms with van der Waals surface area (Å²) in [4.78, 5) is 6.67. The van der Waals surface area contributed by atoms with Crippen LogP contribution < -0.4 is 4.90 Å². The maximum Gasteiger partial charge on any atom is 0.186 e. The van der Waals surface area contributed by atoms with Crippen molar-refractivity contribution in [3.8, 4) is 0 Å². The molecule has 15 heavy (non-hydrogen) atoms. The van der Waals surface area contributed by atoms with Crippen LogP contribution >= 0.6 is 11.3 Å². The number of likely N-dealkylation sites (N-methyl/N-ethyl adjacent to an activating group) is 1. The summed E-state index contributed by atoms with van der Waals surface area (Å²) in [6.45, 7) is 1.60. The Hall–Kier alpha value is -1.13. The Labute approximate surface area is 93.3 Å². The molecule has 2 rings (SSSR count). The highest BCUT2D eigenvalue weighted by Crippen LogP contribution is 2.27. The number of hydrogen-bond acceptors (Lipinski definition) is 4. The second-order valence-electron chi connectivity index (χ2n) is 3.38. The van der Waals surface area contributed by atoms with Crippen molar-refractivity contribution in [3.63, 3.8) is 0 Å². The number of anilines is 1. The molecule has 3 nitrogen and oxygen atoms in total. The molecule has 80 valence electrons. The van der Waals surface area contributed by atoms with Crippen molar-refractivity contribution in [3.05, 3.63) is 24.3 Å². The van der Waals surface area contributed by atoms with Crippen LogP contribution in [0.25, 0.3) is 10.2 Å². The van der Waals surface area contributed by atoms with Gasteiger partial charge in [0.2, 0.25) is 0 Å². The maximum absolute atomic E-state index is 5.04. The average molecular weight is 222 g/mol. The number of aromatic nitrogens is 1. The highest BCUT2D eigenvalue weighted by Gasteiger charge is 2.06. The van der Waals surface area contributed by atoms with E-state index in [4.69, 9.17) is 4.74 Å². The zero-order chi connectivity index (χ0) is 10.7. The Morgan fingerprint density at radius 3 is 2.93 bits per heavy atom. The van der Waals surface area contributed by atoms with Crippen LogP contribution in [0.2, 0.25) is 0 Å². The number of rotatable bonds is 4. The van der Waals surface area contributed by atoms with Crippen molar-refractivity contribution in [2.24, 2.45) is 0 Å². The molecule has 0 saturated heterocycles. The highest BCUT2D eigenvalue weighted by atomic mass is 32.1. The van der Waals surface area contributed by atoms with E-state index in [1.54, 1.807) is 18.4 Å². The molecular weight excluding hydrogens is 208 g/mol. The topological polar surface area (TPSA) is 25.4 Å². The first-order chi connectivity index (χ1) is 7.31. The third-order valence-corrected chi connectivity index (χ3v) is 3.39. The Morgan fingerprint density at radius 1 is 1.40 bits per heavy atom. The van der Waals surface area contributed by atoms with Crippen molar-refractivity contribution in [1.29, 1.82) is 0 Å². The van der Waals surface area contributed by atoms with Gasteiger partial charge in [0, 0.05) is 20.7 Å². The molecule has 0 saturated carbocycles. The lowest BCUT2D eigenvalue weighted by molar-refractivity contribution is 0.206. The van der Waals surface area contributed by atoms with E-state index in [1.165, 1.54) is 4.70 Å². The molecule has 0 aliphatic rings. The lowest BCUT2D eigenvalue weighted by Gasteiger charge is -2.14. The minimum absolute atomic E-state index is 0.729. The van der Waals surface area contributed by atoms with Gasteiger partial charge in [0.05, 0.1) is 16.8 Å². The van der Waals surface area contributed by atoms with Gasteiger partial charge in [0.15, 0.2) is 5.13 Å². The Bertz CT molecular complexity index is 408. The van der Waals surface area contributed by atoms with Crippen molar-refractivity contribution in [1.82, 2.24) is 4.98 Å². The summed E-state index contributed by atoms with van der Waals surface area (Å²) in [5.41, 5.74) is 1.07. The first-order valence-corrected chi connectivity index (χ1v) is 5.68. The lowest BCUT2D eigenvalue weighted by atomic mass is 10.3. The van der Waals surface area contributed by atoms with Crippen LogP contribution in [0.3, 0.4) is 0 Å². The van der Waals surface area contributed by atoms with Crippen LogP contribution in [-0.4, -0.2) is 32.3 Å². The van der Waals surface area contributed by atoms with Gasteiger partial charge in [-0.05, 0) is 12.1 Å². The van der Waals surface area contributed by atoms with Gasteiger partial charge in [-0.1, -0.05) is 23.5 Å². The van der Waals surface area contributed by atoms with E-state index in [-0.39, 0.29) is 0 Å². The molecule has 0 aliphatic heterocycles. The molecule has 1 heterocycles. The fourth-order valence-corrected chi connectivity index (χ4v) is 2.30. The standard InChI is InChI=1S/C11H14N2OS/c1-13(7-8-14-2)11-12-9-5-3-4-6-10(9)15-11/h3-6H,7-8H2,1-2H3. The summed E-state index contributed by atoms with van der Waals surface area (Å²) in [5.74, 6) is 0. The van der Waals surface area contributed by atoms with Crippen LogP contribution in [0.4, 0.5) is 5.13 Å². The van der Waals surface area contributed by atoms with Crippen molar-refractivity contribution in [2.45, 2.75) is 0 Å². The van der Waals surface area contributed by atoms with Gasteiger partial charge >= 0.3 is 0 Å². The van der Waals surface area contributed by atoms with E-state index in [2.05, 4.69) is 16.0 Å². The molecule has 1 aromatic carbocycles. The SMILES string of the molecule is COCCN(C)c1nc2ccccc2s1. The predicted molar refractivity (Wildman–Crippen MR) is 64.8 cm³/mol. The van der Waals surface area contributed by atoms with Gasteiger partial charge in [-0.25, -0.2) is 4.98 Å². The number of fused-ring (bicyclic) bond motifs is 1. The second kappa shape index (κ2) is 4.59. The van der Waals surface area contributed by atoms with E-state index >= 15 is 0 Å². The van der Waals surface area contributed by atoms with Crippen LogP contribution in [0.15, 0.2) is 24.3 Å². The minimum atomic E-state index is 0.729. The van der Waals surface area contributed by atoms with E-state index in [0.717, 1.165) is 23.8 Å². The minimum Gasteiger partial charge on any atom is -0.383 e. The van der Waals surface area contributed by atoms with Crippen molar-refractivity contribution in [2.75, 3.05) is 32.2 Å². The van der Waals surface area contributed by atoms with Crippen LogP contribution in [0.1, 0.15) is 0 Å². The van der Waals surface area contributed by atoms with Crippen LogP contribution in [0.5, 0.6) is 0 Å². The molecule has 0 unspecified atom stereocenters. The molecule has 2 aromatic rings. The Kier molecular flexibility index (Phi) is 3.18. The molecule has 0 fully saturated rings. The monoisotopic (exact) mass is 222 g/mol. The van der Waals surface area contributed by atoms with Gasteiger partial charge < -0.3 is 9.64 Å². The van der Waals surface area contributed by atoms with Gasteiger partial charge in [0.25, 0.3) is 0 Å². The molecule has 0 amide bonds. The largest absolute Gasteiger partial charge is 0.383 e. The second-order valence-corrected chi connectivity index (χ2v) is 4.39. The van der Waals surface area contributed by atoms with Gasteiger partial charge in [-0.3, -0.25) is 0 Å². The summed E-state index contributed by atoms with van der Waals surface area (Å²) >= 11 is 1.72. The number of para-hydroxylation sites is 1. The number of methoxy groups -OCH3 is 1. The maximum atomic E-state index is 5.04.